The highest BCUT2D eigenvalue weighted by Gasteiger charge is 2.48. The van der Waals surface area contributed by atoms with Gasteiger partial charge in [0.1, 0.15) is 35.5 Å². The van der Waals surface area contributed by atoms with Crippen LogP contribution in [0.15, 0.2) is 94.6 Å². The summed E-state index contributed by atoms with van der Waals surface area (Å²) in [5, 5.41) is 10.8. The Kier molecular flexibility index (Phi) is 8.39. The normalized spacial score (nSPS) is 19.3. The molecule has 1 aromatic heterocycles. The second-order valence-electron chi connectivity index (χ2n) is 10.1. The second kappa shape index (κ2) is 12.2. The number of carbonyl (C=O) groups excluding carboxylic acids is 1. The number of aliphatic hydroxyl groups is 1. The number of methoxy groups -OCH3 is 2. The summed E-state index contributed by atoms with van der Waals surface area (Å²) in [6.07, 6.45) is -2.57. The van der Waals surface area contributed by atoms with Gasteiger partial charge < -0.3 is 28.8 Å². The van der Waals surface area contributed by atoms with Gasteiger partial charge in [-0.3, -0.25) is 14.3 Å². The highest BCUT2D eigenvalue weighted by Crippen LogP contribution is 2.45. The smallest absolute Gasteiger partial charge is 0.330 e. The van der Waals surface area contributed by atoms with Crippen LogP contribution in [-0.2, 0) is 19.9 Å². The molecule has 10 nitrogen and oxygen atoms in total. The molecule has 2 N–H and O–H groups in total. The first-order chi connectivity index (χ1) is 20.3. The van der Waals surface area contributed by atoms with Crippen molar-refractivity contribution in [2.75, 3.05) is 14.2 Å². The first-order valence-corrected chi connectivity index (χ1v) is 13.4. The van der Waals surface area contributed by atoms with Gasteiger partial charge in [-0.15, -0.1) is 0 Å². The summed E-state index contributed by atoms with van der Waals surface area (Å²) in [7, 11) is 3.17. The molecular formula is C32H32N2O8. The molecule has 1 saturated heterocycles. The molecule has 4 atom stereocenters. The van der Waals surface area contributed by atoms with Crippen LogP contribution < -0.4 is 20.7 Å². The van der Waals surface area contributed by atoms with Gasteiger partial charge in [-0.1, -0.05) is 54.6 Å². The molecule has 218 valence electrons. The highest BCUT2D eigenvalue weighted by atomic mass is 16.6. The number of aryl methyl sites for hydroxylation is 1. The number of aldehydes is 1. The minimum atomic E-state index is -1.54. The number of benzene rings is 3. The second-order valence-corrected chi connectivity index (χ2v) is 10.1. The van der Waals surface area contributed by atoms with Gasteiger partial charge in [-0.05, 0) is 47.9 Å². The van der Waals surface area contributed by atoms with Crippen LogP contribution in [0.4, 0.5) is 0 Å². The van der Waals surface area contributed by atoms with Crippen molar-refractivity contribution in [1.29, 1.82) is 0 Å². The van der Waals surface area contributed by atoms with Crippen LogP contribution in [-0.4, -0.2) is 53.5 Å². The van der Waals surface area contributed by atoms with E-state index in [2.05, 4.69) is 4.98 Å². The molecular weight excluding hydrogens is 540 g/mol. The van der Waals surface area contributed by atoms with Gasteiger partial charge in [-0.25, -0.2) is 4.79 Å². The molecule has 4 aromatic rings. The van der Waals surface area contributed by atoms with Crippen LogP contribution in [0.25, 0.3) is 0 Å². The van der Waals surface area contributed by atoms with E-state index in [-0.39, 0.29) is 6.42 Å². The third-order valence-corrected chi connectivity index (χ3v) is 7.55. The van der Waals surface area contributed by atoms with Crippen molar-refractivity contribution >= 4 is 6.29 Å². The van der Waals surface area contributed by atoms with Crippen molar-refractivity contribution < 1.29 is 28.8 Å². The first kappa shape index (κ1) is 29.0. The largest absolute Gasteiger partial charge is 0.497 e. The van der Waals surface area contributed by atoms with Crippen molar-refractivity contribution in [3.63, 3.8) is 0 Å². The molecule has 5 rings (SSSR count). The van der Waals surface area contributed by atoms with Gasteiger partial charge in [0.15, 0.2) is 6.29 Å². The Bertz CT molecular complexity index is 1580. The maximum atomic E-state index is 12.7. The van der Waals surface area contributed by atoms with Gasteiger partial charge in [0, 0.05) is 18.2 Å². The standard InChI is InChI=1S/C32H32N2O8/c1-20-18-34(31(38)33-30(20)37)28-17-27(29(41-28)26(36)19-35)42-32(21-7-5-4-6-8-21,22-9-13-24(39-2)14-10-22)23-11-15-25(40-3)16-12-23/h4-16,18-19,26-29,36H,17H2,1-3H3,(H,33,37,38)/t26?,27-,28+,29+/m0/s1. The van der Waals surface area contributed by atoms with E-state index < -0.39 is 41.4 Å². The molecule has 1 unspecified atom stereocenters. The quantitative estimate of drug-likeness (QED) is 0.219. The fourth-order valence-electron chi connectivity index (χ4n) is 5.39. The molecule has 10 heteroatoms. The SMILES string of the molecule is COc1ccc(C(O[C@H]2C[C@H](n3cc(C)c(=O)[nH]c3=O)O[C@@H]2C(O)C=O)(c2ccccc2)c2ccc(OC)cc2)cc1. The topological polar surface area (TPSA) is 129 Å². The minimum Gasteiger partial charge on any atom is -0.497 e. The molecule has 3 aromatic carbocycles. The first-order valence-electron chi connectivity index (χ1n) is 13.4. The molecule has 1 aliphatic heterocycles. The van der Waals surface area contributed by atoms with Crippen molar-refractivity contribution in [1.82, 2.24) is 9.55 Å². The van der Waals surface area contributed by atoms with Gasteiger partial charge in [0.2, 0.25) is 0 Å². The fraction of sp³-hybridized carbons (Fsp3) is 0.281. The average Bonchev–Trinajstić information content (AvgIpc) is 3.45. The van der Waals surface area contributed by atoms with Gasteiger partial charge in [-0.2, -0.15) is 0 Å². The van der Waals surface area contributed by atoms with Crippen LogP contribution in [0, 0.1) is 6.92 Å². The van der Waals surface area contributed by atoms with E-state index in [0.29, 0.717) is 23.3 Å². The number of aliphatic hydroxyl groups excluding tert-OH is 1. The van der Waals surface area contributed by atoms with Gasteiger partial charge >= 0.3 is 5.69 Å². The van der Waals surface area contributed by atoms with Crippen LogP contribution in [0.2, 0.25) is 0 Å². The third-order valence-electron chi connectivity index (χ3n) is 7.55. The summed E-state index contributed by atoms with van der Waals surface area (Å²) in [6, 6.07) is 24.4. The van der Waals surface area contributed by atoms with E-state index in [4.69, 9.17) is 18.9 Å². The fourth-order valence-corrected chi connectivity index (χ4v) is 5.39. The maximum absolute atomic E-state index is 12.7. The zero-order valence-electron chi connectivity index (χ0n) is 23.4. The Morgan fingerprint density at radius 1 is 0.929 bits per heavy atom. The molecule has 0 saturated carbocycles. The number of hydrogen-bond donors (Lipinski definition) is 2. The van der Waals surface area contributed by atoms with Crippen LogP contribution in [0.5, 0.6) is 11.5 Å². The Balaban J connectivity index is 1.69. The number of nitrogens with zero attached hydrogens (tertiary/aromatic N) is 1. The molecule has 0 amide bonds. The number of carbonyl (C=O) groups is 1. The molecule has 0 radical (unpaired) electrons. The minimum absolute atomic E-state index is 0.0991. The highest BCUT2D eigenvalue weighted by molar-refractivity contribution is 5.57. The van der Waals surface area contributed by atoms with Gasteiger partial charge in [0.05, 0.1) is 20.3 Å². The number of ether oxygens (including phenoxy) is 4. The Labute approximate surface area is 242 Å². The van der Waals surface area contributed by atoms with Crippen molar-refractivity contribution in [2.45, 2.75) is 43.5 Å². The zero-order chi connectivity index (χ0) is 29.9. The van der Waals surface area contributed by atoms with Gasteiger partial charge in [0.25, 0.3) is 5.56 Å². The monoisotopic (exact) mass is 572 g/mol. The number of aromatic nitrogens is 2. The van der Waals surface area contributed by atoms with Crippen LogP contribution in [0.1, 0.15) is 34.9 Å². The van der Waals surface area contributed by atoms with E-state index >= 15 is 0 Å². The predicted molar refractivity (Wildman–Crippen MR) is 154 cm³/mol. The zero-order valence-corrected chi connectivity index (χ0v) is 23.4. The molecule has 0 aliphatic carbocycles. The predicted octanol–water partition coefficient (Wildman–Crippen LogP) is 3.09. The molecule has 1 aliphatic rings. The van der Waals surface area contributed by atoms with Crippen molar-refractivity contribution in [3.8, 4) is 11.5 Å². The molecule has 0 spiro atoms. The number of H-pyrrole nitrogens is 1. The Morgan fingerprint density at radius 2 is 1.48 bits per heavy atom. The molecule has 1 fully saturated rings. The summed E-state index contributed by atoms with van der Waals surface area (Å²) in [5.74, 6) is 1.31. The number of rotatable bonds is 10. The number of nitrogens with one attached hydrogen (secondary N) is 1. The molecule has 42 heavy (non-hydrogen) atoms. The van der Waals surface area contributed by atoms with E-state index in [9.17, 15) is 19.5 Å². The summed E-state index contributed by atoms with van der Waals surface area (Å²) in [4.78, 5) is 38.8. The lowest BCUT2D eigenvalue weighted by molar-refractivity contribution is -0.140. The third kappa shape index (κ3) is 5.39. The number of aromatic amines is 1. The summed E-state index contributed by atoms with van der Waals surface area (Å²) < 4.78 is 25.2. The lowest BCUT2D eigenvalue weighted by Gasteiger charge is -2.39. The van der Waals surface area contributed by atoms with Crippen molar-refractivity contribution in [2.24, 2.45) is 0 Å². The lowest BCUT2D eigenvalue weighted by atomic mass is 9.79. The van der Waals surface area contributed by atoms with Crippen molar-refractivity contribution in [3.05, 3.63) is 128 Å². The Hall–Kier alpha value is -4.51. The van der Waals surface area contributed by atoms with E-state index in [1.54, 1.807) is 21.1 Å². The lowest BCUT2D eigenvalue weighted by Crippen LogP contribution is -2.44. The summed E-state index contributed by atoms with van der Waals surface area (Å²) in [6.45, 7) is 1.57. The van der Waals surface area contributed by atoms with Crippen LogP contribution in [0.3, 0.4) is 0 Å². The van der Waals surface area contributed by atoms with E-state index in [1.165, 1.54) is 10.8 Å². The molecule has 0 bridgehead atoms. The maximum Gasteiger partial charge on any atom is 0.330 e. The number of hydrogen-bond acceptors (Lipinski definition) is 8. The van der Waals surface area contributed by atoms with Crippen LogP contribution >= 0.6 is 0 Å². The molecule has 2 heterocycles. The Morgan fingerprint density at radius 3 is 2.00 bits per heavy atom. The summed E-state index contributed by atoms with van der Waals surface area (Å²) in [5.41, 5.74) is 0.156. The van der Waals surface area contributed by atoms with E-state index in [1.807, 2.05) is 78.9 Å². The average molecular weight is 573 g/mol. The summed E-state index contributed by atoms with van der Waals surface area (Å²) >= 11 is 0. The van der Waals surface area contributed by atoms with E-state index in [0.717, 1.165) is 16.7 Å².